The fourth-order valence-electron chi connectivity index (χ4n) is 6.93. The lowest BCUT2D eigenvalue weighted by Gasteiger charge is -2.27. The van der Waals surface area contributed by atoms with E-state index in [2.05, 4.69) is 24.3 Å². The molecule has 2 unspecified atom stereocenters. The zero-order chi connectivity index (χ0) is 31.0. The molecule has 0 saturated carbocycles. The number of nitrogens with zero attached hydrogens (tertiary/aromatic N) is 2. The molecule has 0 amide bonds. The first-order chi connectivity index (χ1) is 22.6. The van der Waals surface area contributed by atoms with E-state index in [-0.39, 0.29) is 17.8 Å². The summed E-state index contributed by atoms with van der Waals surface area (Å²) in [5.74, 6) is 0.467. The molecule has 0 aromatic heterocycles. The molecule has 0 radical (unpaired) electrons. The summed E-state index contributed by atoms with van der Waals surface area (Å²) in [6.45, 7) is 0.898. The summed E-state index contributed by atoms with van der Waals surface area (Å²) >= 11 is 0. The molecule has 0 saturated heterocycles. The molecule has 8 rings (SSSR count). The smallest absolute Gasteiger partial charge is 0.220 e. The van der Waals surface area contributed by atoms with Crippen molar-refractivity contribution in [1.29, 1.82) is 0 Å². The highest BCUT2D eigenvalue weighted by Crippen LogP contribution is 2.40. The largest absolute Gasteiger partial charge is 0.506 e. The van der Waals surface area contributed by atoms with Gasteiger partial charge in [0.05, 0.1) is 29.7 Å². The monoisotopic (exact) mass is 606 g/mol. The topological polar surface area (TPSA) is 83.6 Å². The first kappa shape index (κ1) is 28.3. The average Bonchev–Trinajstić information content (AvgIpc) is 3.76. The van der Waals surface area contributed by atoms with Crippen LogP contribution in [0.3, 0.4) is 0 Å². The van der Waals surface area contributed by atoms with Crippen LogP contribution in [0.25, 0.3) is 22.4 Å². The number of hydrogen-bond acceptors (Lipinski definition) is 6. The van der Waals surface area contributed by atoms with Crippen LogP contribution in [0.5, 0.6) is 5.75 Å². The summed E-state index contributed by atoms with van der Waals surface area (Å²) in [4.78, 5) is 9.86. The molecular formula is C40H34N2O4. The van der Waals surface area contributed by atoms with Gasteiger partial charge in [-0.2, -0.15) is 0 Å². The number of fused-ring (bicyclic) bond motifs is 2. The van der Waals surface area contributed by atoms with Gasteiger partial charge in [0.15, 0.2) is 5.90 Å². The molecule has 6 heteroatoms. The predicted octanol–water partition coefficient (Wildman–Crippen LogP) is 4.94. The third kappa shape index (κ3) is 5.25. The van der Waals surface area contributed by atoms with Crippen LogP contribution in [0.2, 0.25) is 0 Å². The van der Waals surface area contributed by atoms with E-state index in [1.165, 1.54) is 11.1 Å². The Kier molecular flexibility index (Phi) is 7.35. The lowest BCUT2D eigenvalue weighted by Crippen LogP contribution is -2.42. The normalized spacial score (nSPS) is 22.0. The minimum atomic E-state index is -1.01. The minimum Gasteiger partial charge on any atom is -0.506 e. The molecule has 2 aliphatic heterocycles. The Morgan fingerprint density at radius 2 is 1.33 bits per heavy atom. The van der Waals surface area contributed by atoms with Gasteiger partial charge in [0.25, 0.3) is 0 Å². The molecule has 46 heavy (non-hydrogen) atoms. The standard InChI is InChI=1S/C40H34N2O4/c43-37-33(39-41-29(23-45-39)19-25-11-3-1-4-12-25)21-27-15-7-9-17-31(27)35(37)36-32-18-10-8-16-28(32)22-34(38(36)44)40-42-30(24-46-40)20-26-13-5-2-6-14-26/h1-18,21-22,29-30,33,37,43-44H,19-20,23-24H2/t29-,30-,33?,37?/m1/s1. The van der Waals surface area contributed by atoms with Crippen LogP contribution < -0.4 is 10.4 Å². The number of aliphatic hydroxyl groups excluding tert-OH is 1. The van der Waals surface area contributed by atoms with Gasteiger partial charge in [-0.25, -0.2) is 9.98 Å². The molecule has 1 aliphatic carbocycles. The summed E-state index contributed by atoms with van der Waals surface area (Å²) in [6.07, 6.45) is 2.54. The molecule has 0 fully saturated rings. The molecule has 0 bridgehead atoms. The van der Waals surface area contributed by atoms with Gasteiger partial charge < -0.3 is 19.7 Å². The Bertz CT molecular complexity index is 2110. The van der Waals surface area contributed by atoms with E-state index < -0.39 is 12.0 Å². The third-order valence-electron chi connectivity index (χ3n) is 9.13. The van der Waals surface area contributed by atoms with Crippen LogP contribution in [0.1, 0.15) is 22.3 Å². The van der Waals surface area contributed by atoms with Crippen molar-refractivity contribution in [2.24, 2.45) is 15.9 Å². The highest BCUT2D eigenvalue weighted by molar-refractivity contribution is 6.08. The van der Waals surface area contributed by atoms with Crippen LogP contribution in [-0.4, -0.2) is 53.4 Å². The van der Waals surface area contributed by atoms with E-state index in [0.717, 1.165) is 34.1 Å². The van der Waals surface area contributed by atoms with Crippen LogP contribution >= 0.6 is 0 Å². The third-order valence-corrected chi connectivity index (χ3v) is 9.13. The van der Waals surface area contributed by atoms with E-state index in [1.54, 1.807) is 0 Å². The number of benzene rings is 5. The second-order valence-electron chi connectivity index (χ2n) is 12.2. The maximum absolute atomic E-state index is 12.2. The quantitative estimate of drug-likeness (QED) is 0.275. The van der Waals surface area contributed by atoms with E-state index in [1.807, 2.05) is 97.1 Å². The van der Waals surface area contributed by atoms with Crippen molar-refractivity contribution in [2.45, 2.75) is 31.0 Å². The second kappa shape index (κ2) is 12.0. The Balaban J connectivity index is 1.22. The van der Waals surface area contributed by atoms with Gasteiger partial charge in [0.2, 0.25) is 5.90 Å². The molecule has 3 aliphatic rings. The molecule has 2 N–H and O–H groups in total. The molecule has 5 aromatic carbocycles. The Hall–Kier alpha value is -5.20. The predicted molar refractivity (Wildman–Crippen MR) is 182 cm³/mol. The minimum absolute atomic E-state index is 0.0301. The first-order valence-corrected chi connectivity index (χ1v) is 15.9. The van der Waals surface area contributed by atoms with Crippen molar-refractivity contribution in [1.82, 2.24) is 0 Å². The Morgan fingerprint density at radius 1 is 0.696 bits per heavy atom. The van der Waals surface area contributed by atoms with Gasteiger partial charge in [-0.1, -0.05) is 115 Å². The van der Waals surface area contributed by atoms with E-state index >= 15 is 0 Å². The molecule has 4 atom stereocenters. The summed E-state index contributed by atoms with van der Waals surface area (Å²) in [7, 11) is 0. The zero-order valence-electron chi connectivity index (χ0n) is 25.3. The van der Waals surface area contributed by atoms with Crippen LogP contribution in [0.4, 0.5) is 0 Å². The number of aromatic hydroxyl groups is 1. The lowest BCUT2D eigenvalue weighted by molar-refractivity contribution is 0.199. The molecule has 5 aromatic rings. The maximum Gasteiger partial charge on any atom is 0.220 e. The van der Waals surface area contributed by atoms with Crippen LogP contribution in [0.15, 0.2) is 125 Å². The molecule has 2 heterocycles. The maximum atomic E-state index is 12.2. The highest BCUT2D eigenvalue weighted by Gasteiger charge is 2.37. The van der Waals surface area contributed by atoms with Gasteiger partial charge in [-0.15, -0.1) is 0 Å². The summed E-state index contributed by atoms with van der Waals surface area (Å²) < 4.78 is 12.3. The number of hydrogen-bond donors (Lipinski definition) is 2. The Labute approximate surface area is 267 Å². The fraction of sp³-hybridized carbons (Fsp3) is 0.200. The molecular weight excluding hydrogens is 572 g/mol. The van der Waals surface area contributed by atoms with Crippen molar-refractivity contribution in [3.05, 3.63) is 148 Å². The number of aliphatic imine (C=N–C) groups is 2. The van der Waals surface area contributed by atoms with Gasteiger partial charge in [0.1, 0.15) is 19.0 Å². The van der Waals surface area contributed by atoms with Crippen molar-refractivity contribution in [2.75, 3.05) is 13.2 Å². The van der Waals surface area contributed by atoms with Gasteiger partial charge in [-0.3, -0.25) is 0 Å². The summed E-state index contributed by atoms with van der Waals surface area (Å²) in [6, 6.07) is 38.3. The highest BCUT2D eigenvalue weighted by atomic mass is 16.5. The molecule has 0 spiro atoms. The lowest BCUT2D eigenvalue weighted by atomic mass is 9.81. The number of phenols is 1. The van der Waals surface area contributed by atoms with E-state index in [9.17, 15) is 10.2 Å². The number of phenolic OH excluding ortho intramolecular Hbond substituents is 1. The SMILES string of the molecule is Oc1c(C2=N[C@H](Cc3ccccc3)CO2)cc2ccccc2c1C1=c2ccccc2=CC(C2=N[C@H](Cc3ccccc3)CO2)C1O. The van der Waals surface area contributed by atoms with Crippen molar-refractivity contribution >= 4 is 34.2 Å². The molecule has 228 valence electrons. The first-order valence-electron chi connectivity index (χ1n) is 15.9. The number of rotatable bonds is 7. The molecule has 6 nitrogen and oxygen atoms in total. The van der Waals surface area contributed by atoms with E-state index in [0.29, 0.717) is 41.7 Å². The summed E-state index contributed by atoms with van der Waals surface area (Å²) in [5, 5.41) is 27.9. The average molecular weight is 607 g/mol. The van der Waals surface area contributed by atoms with Crippen molar-refractivity contribution in [3.63, 3.8) is 0 Å². The van der Waals surface area contributed by atoms with Gasteiger partial charge in [-0.05, 0) is 51.2 Å². The zero-order valence-corrected chi connectivity index (χ0v) is 25.3. The van der Waals surface area contributed by atoms with Crippen LogP contribution in [0, 0.1) is 5.92 Å². The fourth-order valence-corrected chi connectivity index (χ4v) is 6.93. The van der Waals surface area contributed by atoms with Gasteiger partial charge in [0, 0.05) is 11.1 Å². The van der Waals surface area contributed by atoms with E-state index in [4.69, 9.17) is 19.5 Å². The second-order valence-corrected chi connectivity index (χ2v) is 12.2. The summed E-state index contributed by atoms with van der Waals surface area (Å²) in [5.41, 5.74) is 4.11. The van der Waals surface area contributed by atoms with Crippen LogP contribution in [-0.2, 0) is 22.3 Å². The number of ether oxygens (including phenoxy) is 2. The van der Waals surface area contributed by atoms with Gasteiger partial charge >= 0.3 is 0 Å². The van der Waals surface area contributed by atoms with Crippen molar-refractivity contribution < 1.29 is 19.7 Å². The Morgan fingerprint density at radius 3 is 2.09 bits per heavy atom. The number of aliphatic hydroxyl groups is 1. The van der Waals surface area contributed by atoms with Crippen molar-refractivity contribution in [3.8, 4) is 5.75 Å².